The Labute approximate surface area is 156 Å². The molecule has 0 radical (unpaired) electrons. The van der Waals surface area contributed by atoms with Crippen molar-refractivity contribution in [3.63, 3.8) is 0 Å². The lowest BCUT2D eigenvalue weighted by atomic mass is 10.0. The van der Waals surface area contributed by atoms with Crippen LogP contribution in [0.2, 0.25) is 10.0 Å². The summed E-state index contributed by atoms with van der Waals surface area (Å²) in [6, 6.07) is 10.8. The summed E-state index contributed by atoms with van der Waals surface area (Å²) in [5, 5.41) is 3.39. The van der Waals surface area contributed by atoms with E-state index >= 15 is 0 Å². The standard InChI is InChI=1S/C19H17Cl2NO3/c20-15-6-7-16(21)17(10-15)22-18(23)11-25-19(24)9-12-4-5-13-2-1-3-14(13)8-12/h4-8,10H,1-3,9,11H2,(H,22,23). The zero-order chi connectivity index (χ0) is 17.8. The molecule has 0 saturated heterocycles. The second-order valence-electron chi connectivity index (χ2n) is 5.97. The zero-order valence-corrected chi connectivity index (χ0v) is 15.0. The van der Waals surface area contributed by atoms with Crippen LogP contribution >= 0.6 is 23.2 Å². The minimum Gasteiger partial charge on any atom is -0.455 e. The summed E-state index contributed by atoms with van der Waals surface area (Å²) < 4.78 is 5.04. The van der Waals surface area contributed by atoms with Crippen LogP contribution in [0.4, 0.5) is 5.69 Å². The van der Waals surface area contributed by atoms with Crippen LogP contribution in [0.5, 0.6) is 0 Å². The Balaban J connectivity index is 1.50. The fraction of sp³-hybridized carbons (Fsp3) is 0.263. The van der Waals surface area contributed by atoms with Gasteiger partial charge < -0.3 is 10.1 Å². The van der Waals surface area contributed by atoms with Gasteiger partial charge in [-0.05, 0) is 54.2 Å². The Kier molecular flexibility index (Phi) is 5.61. The van der Waals surface area contributed by atoms with Crippen LogP contribution in [0.3, 0.4) is 0 Å². The molecule has 1 aliphatic carbocycles. The number of halogens is 2. The van der Waals surface area contributed by atoms with E-state index in [2.05, 4.69) is 17.4 Å². The lowest BCUT2D eigenvalue weighted by Crippen LogP contribution is -2.21. The number of hydrogen-bond acceptors (Lipinski definition) is 3. The van der Waals surface area contributed by atoms with Crippen molar-refractivity contribution in [2.75, 3.05) is 11.9 Å². The normalized spacial score (nSPS) is 12.6. The summed E-state index contributed by atoms with van der Waals surface area (Å²) in [6.07, 6.45) is 3.47. The fourth-order valence-corrected chi connectivity index (χ4v) is 3.22. The van der Waals surface area contributed by atoms with E-state index in [1.165, 1.54) is 17.2 Å². The number of ether oxygens (including phenoxy) is 1. The number of amides is 1. The Hall–Kier alpha value is -2.04. The molecule has 4 nitrogen and oxygen atoms in total. The molecule has 0 aromatic heterocycles. The van der Waals surface area contributed by atoms with Gasteiger partial charge in [0.2, 0.25) is 0 Å². The van der Waals surface area contributed by atoms with Gasteiger partial charge in [-0.3, -0.25) is 9.59 Å². The van der Waals surface area contributed by atoms with Gasteiger partial charge in [0.25, 0.3) is 5.91 Å². The molecule has 0 unspecified atom stereocenters. The van der Waals surface area contributed by atoms with Gasteiger partial charge in [0.05, 0.1) is 17.1 Å². The summed E-state index contributed by atoms with van der Waals surface area (Å²) in [4.78, 5) is 23.8. The van der Waals surface area contributed by atoms with E-state index in [0.29, 0.717) is 15.7 Å². The quantitative estimate of drug-likeness (QED) is 0.794. The molecular formula is C19H17Cl2NO3. The third kappa shape index (κ3) is 4.74. The first-order valence-corrected chi connectivity index (χ1v) is 8.78. The van der Waals surface area contributed by atoms with E-state index in [1.807, 2.05) is 6.07 Å². The maximum atomic E-state index is 11.9. The van der Waals surface area contributed by atoms with Crippen molar-refractivity contribution >= 4 is 40.8 Å². The van der Waals surface area contributed by atoms with Gasteiger partial charge in [0.1, 0.15) is 0 Å². The Morgan fingerprint density at radius 2 is 1.84 bits per heavy atom. The molecule has 0 spiro atoms. The van der Waals surface area contributed by atoms with Crippen LogP contribution in [-0.4, -0.2) is 18.5 Å². The molecule has 0 aliphatic heterocycles. The zero-order valence-electron chi connectivity index (χ0n) is 13.5. The third-order valence-electron chi connectivity index (χ3n) is 4.08. The molecular weight excluding hydrogens is 361 g/mol. The highest BCUT2D eigenvalue weighted by atomic mass is 35.5. The molecule has 1 amide bonds. The molecule has 2 aromatic carbocycles. The molecule has 6 heteroatoms. The Morgan fingerprint density at radius 1 is 1.04 bits per heavy atom. The van der Waals surface area contributed by atoms with Gasteiger partial charge in [0, 0.05) is 5.02 Å². The number of carbonyl (C=O) groups excluding carboxylic acids is 2. The predicted molar refractivity (Wildman–Crippen MR) is 98.2 cm³/mol. The van der Waals surface area contributed by atoms with Crippen LogP contribution in [0.25, 0.3) is 0 Å². The van der Waals surface area contributed by atoms with Crippen molar-refractivity contribution in [1.29, 1.82) is 0 Å². The third-order valence-corrected chi connectivity index (χ3v) is 4.64. The van der Waals surface area contributed by atoms with Crippen LogP contribution < -0.4 is 5.32 Å². The summed E-state index contributed by atoms with van der Waals surface area (Å²) in [5.74, 6) is -0.906. The molecule has 0 heterocycles. The minimum atomic E-state index is -0.466. The summed E-state index contributed by atoms with van der Waals surface area (Å²) in [6.45, 7) is -0.368. The topological polar surface area (TPSA) is 55.4 Å². The van der Waals surface area contributed by atoms with Crippen molar-refractivity contribution in [3.05, 3.63) is 63.1 Å². The maximum absolute atomic E-state index is 11.9. The molecule has 0 atom stereocenters. The highest BCUT2D eigenvalue weighted by molar-refractivity contribution is 6.35. The maximum Gasteiger partial charge on any atom is 0.310 e. The molecule has 0 fully saturated rings. The average molecular weight is 378 g/mol. The van der Waals surface area contributed by atoms with E-state index in [-0.39, 0.29) is 13.0 Å². The highest BCUT2D eigenvalue weighted by Crippen LogP contribution is 2.25. The number of carbonyl (C=O) groups is 2. The van der Waals surface area contributed by atoms with E-state index < -0.39 is 11.9 Å². The first-order chi connectivity index (χ1) is 12.0. The second-order valence-corrected chi connectivity index (χ2v) is 6.81. The van der Waals surface area contributed by atoms with E-state index in [1.54, 1.807) is 12.1 Å². The minimum absolute atomic E-state index is 0.151. The first-order valence-electron chi connectivity index (χ1n) is 8.02. The fourth-order valence-electron chi connectivity index (χ4n) is 2.88. The number of nitrogens with one attached hydrogen (secondary N) is 1. The second kappa shape index (κ2) is 7.89. The molecule has 2 aromatic rings. The number of rotatable bonds is 5. The lowest BCUT2D eigenvalue weighted by Gasteiger charge is -2.09. The van der Waals surface area contributed by atoms with E-state index in [0.717, 1.165) is 24.8 Å². The predicted octanol–water partition coefficient (Wildman–Crippen LogP) is 4.21. The van der Waals surface area contributed by atoms with Gasteiger partial charge >= 0.3 is 5.97 Å². The number of anilines is 1. The monoisotopic (exact) mass is 377 g/mol. The average Bonchev–Trinajstić information content (AvgIpc) is 3.04. The Morgan fingerprint density at radius 3 is 2.68 bits per heavy atom. The van der Waals surface area contributed by atoms with E-state index in [4.69, 9.17) is 27.9 Å². The number of esters is 1. The molecule has 3 rings (SSSR count). The first kappa shape index (κ1) is 17.8. The van der Waals surface area contributed by atoms with Gasteiger partial charge in [0.15, 0.2) is 6.61 Å². The number of hydrogen-bond donors (Lipinski definition) is 1. The van der Waals surface area contributed by atoms with Gasteiger partial charge in [-0.2, -0.15) is 0 Å². The summed E-state index contributed by atoms with van der Waals surface area (Å²) in [7, 11) is 0. The summed E-state index contributed by atoms with van der Waals surface area (Å²) in [5.41, 5.74) is 3.95. The van der Waals surface area contributed by atoms with Crippen molar-refractivity contribution in [3.8, 4) is 0 Å². The van der Waals surface area contributed by atoms with Crippen molar-refractivity contribution in [2.24, 2.45) is 0 Å². The molecule has 1 aliphatic rings. The largest absolute Gasteiger partial charge is 0.455 e. The van der Waals surface area contributed by atoms with Crippen LogP contribution in [-0.2, 0) is 33.6 Å². The lowest BCUT2D eigenvalue weighted by molar-refractivity contribution is -0.146. The smallest absolute Gasteiger partial charge is 0.310 e. The SMILES string of the molecule is O=C(COC(=O)Cc1ccc2c(c1)CCC2)Nc1cc(Cl)ccc1Cl. The van der Waals surface area contributed by atoms with Crippen LogP contribution in [0.1, 0.15) is 23.1 Å². The summed E-state index contributed by atoms with van der Waals surface area (Å²) >= 11 is 11.8. The van der Waals surface area contributed by atoms with E-state index in [9.17, 15) is 9.59 Å². The molecule has 0 saturated carbocycles. The highest BCUT2D eigenvalue weighted by Gasteiger charge is 2.14. The van der Waals surface area contributed by atoms with Gasteiger partial charge in [-0.25, -0.2) is 0 Å². The van der Waals surface area contributed by atoms with Crippen molar-refractivity contribution < 1.29 is 14.3 Å². The number of aryl methyl sites for hydroxylation is 2. The van der Waals surface area contributed by atoms with Crippen LogP contribution in [0.15, 0.2) is 36.4 Å². The molecule has 1 N–H and O–H groups in total. The number of benzene rings is 2. The van der Waals surface area contributed by atoms with Gasteiger partial charge in [-0.15, -0.1) is 0 Å². The Bertz CT molecular complexity index is 820. The molecule has 0 bridgehead atoms. The van der Waals surface area contributed by atoms with Crippen LogP contribution in [0, 0.1) is 0 Å². The van der Waals surface area contributed by atoms with Crippen molar-refractivity contribution in [1.82, 2.24) is 0 Å². The van der Waals surface area contributed by atoms with Gasteiger partial charge in [-0.1, -0.05) is 41.4 Å². The van der Waals surface area contributed by atoms with Crippen molar-refractivity contribution in [2.45, 2.75) is 25.7 Å². The molecule has 130 valence electrons. The number of fused-ring (bicyclic) bond motifs is 1. The molecule has 25 heavy (non-hydrogen) atoms.